The minimum atomic E-state index is -0.390. The molecule has 0 radical (unpaired) electrons. The largest absolute Gasteiger partial charge is 0.492 e. The van der Waals surface area contributed by atoms with Gasteiger partial charge in [0.05, 0.1) is 11.6 Å². The number of carbonyl (C=O) groups excluding carboxylic acids is 1. The molecule has 0 fully saturated rings. The van der Waals surface area contributed by atoms with Crippen molar-refractivity contribution in [2.75, 3.05) is 11.9 Å². The number of halogens is 2. The van der Waals surface area contributed by atoms with Crippen molar-refractivity contribution >= 4 is 27.5 Å². The van der Waals surface area contributed by atoms with Crippen LogP contribution < -0.4 is 10.1 Å². The highest BCUT2D eigenvalue weighted by atomic mass is 79.9. The Labute approximate surface area is 130 Å². The van der Waals surface area contributed by atoms with E-state index in [1.54, 1.807) is 6.07 Å². The molecular weight excluding hydrogens is 337 g/mol. The SMILES string of the molecule is O=C(Nc1cc(F)ccc1Br)C1COc2ccccc2C1. The average molecular weight is 350 g/mol. The number of rotatable bonds is 2. The van der Waals surface area contributed by atoms with E-state index in [4.69, 9.17) is 4.74 Å². The Bertz CT molecular complexity index is 690. The Morgan fingerprint density at radius 2 is 2.10 bits per heavy atom. The van der Waals surface area contributed by atoms with Crippen molar-refractivity contribution in [1.82, 2.24) is 0 Å². The molecule has 1 N–H and O–H groups in total. The lowest BCUT2D eigenvalue weighted by Gasteiger charge is -2.24. The fourth-order valence-electron chi connectivity index (χ4n) is 2.32. The van der Waals surface area contributed by atoms with Crippen LogP contribution in [0.4, 0.5) is 10.1 Å². The molecule has 3 nitrogen and oxygen atoms in total. The molecule has 0 bridgehead atoms. The normalized spacial score (nSPS) is 16.8. The number of ether oxygens (including phenoxy) is 1. The van der Waals surface area contributed by atoms with E-state index < -0.39 is 5.82 Å². The third kappa shape index (κ3) is 3.08. The highest BCUT2D eigenvalue weighted by molar-refractivity contribution is 9.10. The summed E-state index contributed by atoms with van der Waals surface area (Å²) in [5, 5.41) is 2.75. The summed E-state index contributed by atoms with van der Waals surface area (Å²) in [6.07, 6.45) is 0.620. The third-order valence-corrected chi connectivity index (χ3v) is 4.13. The van der Waals surface area contributed by atoms with Crippen molar-refractivity contribution in [3.05, 3.63) is 58.3 Å². The van der Waals surface area contributed by atoms with Crippen molar-refractivity contribution < 1.29 is 13.9 Å². The van der Waals surface area contributed by atoms with E-state index in [1.165, 1.54) is 12.1 Å². The number of benzene rings is 2. The van der Waals surface area contributed by atoms with E-state index in [-0.39, 0.29) is 11.8 Å². The first kappa shape index (κ1) is 14.1. The van der Waals surface area contributed by atoms with Crippen molar-refractivity contribution in [3.63, 3.8) is 0 Å². The van der Waals surface area contributed by atoms with Crippen molar-refractivity contribution in [1.29, 1.82) is 0 Å². The Morgan fingerprint density at radius 3 is 2.95 bits per heavy atom. The first-order valence-electron chi connectivity index (χ1n) is 6.60. The van der Waals surface area contributed by atoms with Crippen LogP contribution in [0.5, 0.6) is 5.75 Å². The Hall–Kier alpha value is -1.88. The molecule has 3 rings (SSSR count). The highest BCUT2D eigenvalue weighted by Gasteiger charge is 2.26. The first-order chi connectivity index (χ1) is 10.1. The summed E-state index contributed by atoms with van der Waals surface area (Å²) in [6.45, 7) is 0.329. The maximum Gasteiger partial charge on any atom is 0.231 e. The summed E-state index contributed by atoms with van der Waals surface area (Å²) in [5.74, 6) is -0.0157. The molecule has 108 valence electrons. The van der Waals surface area contributed by atoms with E-state index in [2.05, 4.69) is 21.2 Å². The molecule has 1 amide bonds. The van der Waals surface area contributed by atoms with Gasteiger partial charge in [0, 0.05) is 4.47 Å². The molecule has 1 aliphatic heterocycles. The maximum atomic E-state index is 13.2. The predicted octanol–water partition coefficient (Wildman–Crippen LogP) is 3.78. The summed E-state index contributed by atoms with van der Waals surface area (Å²) >= 11 is 3.30. The summed E-state index contributed by atoms with van der Waals surface area (Å²) in [7, 11) is 0. The summed E-state index contributed by atoms with van der Waals surface area (Å²) in [4.78, 5) is 12.3. The highest BCUT2D eigenvalue weighted by Crippen LogP contribution is 2.28. The van der Waals surface area contributed by atoms with Gasteiger partial charge in [-0.3, -0.25) is 4.79 Å². The second-order valence-corrected chi connectivity index (χ2v) is 5.79. The second kappa shape index (κ2) is 5.85. The zero-order chi connectivity index (χ0) is 14.8. The van der Waals surface area contributed by atoms with E-state index in [1.807, 2.05) is 24.3 Å². The molecule has 1 unspecified atom stereocenters. The lowest BCUT2D eigenvalue weighted by atomic mass is 9.96. The molecule has 1 atom stereocenters. The number of nitrogens with one attached hydrogen (secondary N) is 1. The Balaban J connectivity index is 1.74. The van der Waals surface area contributed by atoms with Crippen LogP contribution >= 0.6 is 15.9 Å². The van der Waals surface area contributed by atoms with Crippen LogP contribution in [-0.4, -0.2) is 12.5 Å². The molecule has 0 saturated carbocycles. The quantitative estimate of drug-likeness (QED) is 0.895. The van der Waals surface area contributed by atoms with Gasteiger partial charge >= 0.3 is 0 Å². The number of amides is 1. The lowest BCUT2D eigenvalue weighted by Crippen LogP contribution is -2.32. The second-order valence-electron chi connectivity index (χ2n) is 4.93. The zero-order valence-electron chi connectivity index (χ0n) is 11.1. The maximum absolute atomic E-state index is 13.2. The standard InChI is InChI=1S/C16H13BrFNO2/c17-13-6-5-12(18)8-14(13)19-16(20)11-7-10-3-1-2-4-15(10)21-9-11/h1-6,8,11H,7,9H2,(H,19,20). The summed E-state index contributed by atoms with van der Waals surface area (Å²) in [6, 6.07) is 11.9. The molecule has 0 aromatic heterocycles. The number of hydrogen-bond donors (Lipinski definition) is 1. The van der Waals surface area contributed by atoms with Crippen molar-refractivity contribution in [2.45, 2.75) is 6.42 Å². The minimum Gasteiger partial charge on any atom is -0.492 e. The van der Waals surface area contributed by atoms with Gasteiger partial charge in [0.1, 0.15) is 18.2 Å². The predicted molar refractivity (Wildman–Crippen MR) is 81.9 cm³/mol. The molecular formula is C16H13BrFNO2. The van der Waals surface area contributed by atoms with Crippen LogP contribution in [0, 0.1) is 11.7 Å². The fraction of sp³-hybridized carbons (Fsp3) is 0.188. The van der Waals surface area contributed by atoms with Crippen molar-refractivity contribution in [2.24, 2.45) is 5.92 Å². The van der Waals surface area contributed by atoms with Crippen molar-refractivity contribution in [3.8, 4) is 5.75 Å². The van der Waals surface area contributed by atoms with E-state index in [0.29, 0.717) is 23.2 Å². The summed E-state index contributed by atoms with van der Waals surface area (Å²) < 4.78 is 19.5. The molecule has 5 heteroatoms. The van der Waals surface area contributed by atoms with Gasteiger partial charge in [0.2, 0.25) is 5.91 Å². The molecule has 2 aromatic carbocycles. The van der Waals surface area contributed by atoms with Gasteiger partial charge in [0.15, 0.2) is 0 Å². The van der Waals surface area contributed by atoms with Crippen LogP contribution in [0.25, 0.3) is 0 Å². The minimum absolute atomic E-state index is 0.171. The van der Waals surface area contributed by atoms with Gasteiger partial charge in [0.25, 0.3) is 0 Å². The van der Waals surface area contributed by atoms with Gasteiger partial charge in [-0.2, -0.15) is 0 Å². The van der Waals surface area contributed by atoms with E-state index in [0.717, 1.165) is 11.3 Å². The number of carbonyl (C=O) groups is 1. The zero-order valence-corrected chi connectivity index (χ0v) is 12.7. The Morgan fingerprint density at radius 1 is 1.29 bits per heavy atom. The van der Waals surface area contributed by atoms with Gasteiger partial charge in [-0.15, -0.1) is 0 Å². The molecule has 2 aromatic rings. The van der Waals surface area contributed by atoms with Gasteiger partial charge in [-0.25, -0.2) is 4.39 Å². The average Bonchev–Trinajstić information content (AvgIpc) is 2.50. The molecule has 1 heterocycles. The molecule has 0 saturated heterocycles. The van der Waals surface area contributed by atoms with Crippen LogP contribution in [0.2, 0.25) is 0 Å². The smallest absolute Gasteiger partial charge is 0.231 e. The molecule has 21 heavy (non-hydrogen) atoms. The molecule has 0 aliphatic carbocycles. The lowest BCUT2D eigenvalue weighted by molar-refractivity contribution is -0.121. The van der Waals surface area contributed by atoms with E-state index >= 15 is 0 Å². The van der Waals surface area contributed by atoms with Crippen LogP contribution in [0.1, 0.15) is 5.56 Å². The Kier molecular flexibility index (Phi) is 3.92. The molecule has 1 aliphatic rings. The summed E-state index contributed by atoms with van der Waals surface area (Å²) in [5.41, 5.74) is 1.45. The van der Waals surface area contributed by atoms with Crippen LogP contribution in [0.15, 0.2) is 46.9 Å². The van der Waals surface area contributed by atoms with Gasteiger partial charge in [-0.05, 0) is 52.2 Å². The topological polar surface area (TPSA) is 38.3 Å². The number of anilines is 1. The van der Waals surface area contributed by atoms with Gasteiger partial charge in [-0.1, -0.05) is 18.2 Å². The fourth-order valence-corrected chi connectivity index (χ4v) is 2.67. The van der Waals surface area contributed by atoms with Crippen LogP contribution in [-0.2, 0) is 11.2 Å². The van der Waals surface area contributed by atoms with Gasteiger partial charge < -0.3 is 10.1 Å². The van der Waals surface area contributed by atoms with E-state index in [9.17, 15) is 9.18 Å². The number of hydrogen-bond acceptors (Lipinski definition) is 2. The third-order valence-electron chi connectivity index (χ3n) is 3.44. The number of para-hydroxylation sites is 1. The molecule has 0 spiro atoms. The number of fused-ring (bicyclic) bond motifs is 1. The monoisotopic (exact) mass is 349 g/mol. The first-order valence-corrected chi connectivity index (χ1v) is 7.39. The van der Waals surface area contributed by atoms with Crippen LogP contribution in [0.3, 0.4) is 0 Å².